The van der Waals surface area contributed by atoms with Crippen molar-refractivity contribution in [1.29, 1.82) is 0 Å². The number of halogens is 2. The van der Waals surface area contributed by atoms with E-state index in [1.54, 1.807) is 19.2 Å². The number of carbonyl (C=O) groups excluding carboxylic acids is 1. The van der Waals surface area contributed by atoms with Crippen LogP contribution in [0.4, 0.5) is 4.39 Å². The van der Waals surface area contributed by atoms with E-state index in [1.165, 1.54) is 23.4 Å². The lowest BCUT2D eigenvalue weighted by Gasteiger charge is -2.44. The standard InChI is InChI=1S/C28H38ClFN2O5S/c1-15(29)22(26-24(34)23(33)25(35)28(37-26)38-2)32-27(36)21-11-6-16(12-13-31-21)4-3-5-17-7-8-18-9-10-19(30)14-20(17)18/h3-4,6,9-10,14-15,17,21-26,28,31,33-35H,5,7-8,11-13H2,1-2H3,(H,32,36)/b4-3+/t15-,17?,21-,22+,23?,24?,25+,26+,28?/m0/s1. The minimum Gasteiger partial charge on any atom is -0.388 e. The smallest absolute Gasteiger partial charge is 0.237 e. The van der Waals surface area contributed by atoms with Gasteiger partial charge in [0.2, 0.25) is 5.91 Å². The van der Waals surface area contributed by atoms with Crippen molar-refractivity contribution in [2.75, 3.05) is 12.8 Å². The van der Waals surface area contributed by atoms with Crippen LogP contribution in [-0.2, 0) is 16.0 Å². The molecule has 1 fully saturated rings. The van der Waals surface area contributed by atoms with Gasteiger partial charge in [-0.2, -0.15) is 0 Å². The number of thioether (sulfide) groups is 1. The Hall–Kier alpha value is -1.46. The lowest BCUT2D eigenvalue weighted by Crippen LogP contribution is -2.65. The van der Waals surface area contributed by atoms with Crippen LogP contribution in [0.25, 0.3) is 0 Å². The molecule has 1 aromatic rings. The Bertz CT molecular complexity index is 1040. The van der Waals surface area contributed by atoms with Crippen LogP contribution >= 0.6 is 23.4 Å². The second kappa shape index (κ2) is 13.3. The third-order valence-electron chi connectivity index (χ3n) is 7.80. The zero-order chi connectivity index (χ0) is 27.4. The largest absolute Gasteiger partial charge is 0.388 e. The first kappa shape index (κ1) is 29.5. The molecule has 4 rings (SSSR count). The van der Waals surface area contributed by atoms with Crippen molar-refractivity contribution in [1.82, 2.24) is 10.6 Å². The van der Waals surface area contributed by atoms with E-state index >= 15 is 0 Å². The molecule has 0 radical (unpaired) electrons. The van der Waals surface area contributed by atoms with Crippen LogP contribution in [0.1, 0.15) is 49.7 Å². The van der Waals surface area contributed by atoms with Crippen LogP contribution in [0.5, 0.6) is 0 Å². The Labute approximate surface area is 232 Å². The van der Waals surface area contributed by atoms with Crippen LogP contribution in [0.15, 0.2) is 42.0 Å². The molecule has 1 aromatic carbocycles. The molecule has 1 saturated heterocycles. The molecule has 1 amide bonds. The highest BCUT2D eigenvalue weighted by Crippen LogP contribution is 2.36. The summed E-state index contributed by atoms with van der Waals surface area (Å²) in [6, 6.07) is 3.82. The molecule has 2 heterocycles. The molecule has 5 N–H and O–H groups in total. The van der Waals surface area contributed by atoms with Gasteiger partial charge in [-0.25, -0.2) is 4.39 Å². The molecule has 38 heavy (non-hydrogen) atoms. The first-order valence-corrected chi connectivity index (χ1v) is 15.0. The predicted molar refractivity (Wildman–Crippen MR) is 148 cm³/mol. The minimum absolute atomic E-state index is 0.185. The maximum absolute atomic E-state index is 13.7. The first-order chi connectivity index (χ1) is 18.2. The maximum atomic E-state index is 13.7. The molecule has 9 atom stereocenters. The maximum Gasteiger partial charge on any atom is 0.237 e. The van der Waals surface area contributed by atoms with E-state index in [2.05, 4.69) is 28.9 Å². The minimum atomic E-state index is -1.41. The Balaban J connectivity index is 1.35. The molecule has 0 saturated carbocycles. The fraction of sp³-hybridized carbons (Fsp3) is 0.607. The number of hydrogen-bond acceptors (Lipinski definition) is 7. The Morgan fingerprint density at radius 1 is 1.29 bits per heavy atom. The summed E-state index contributed by atoms with van der Waals surface area (Å²) in [6.45, 7) is 2.31. The number of amides is 1. The number of aryl methyl sites for hydroxylation is 1. The second-order valence-electron chi connectivity index (χ2n) is 10.4. The topological polar surface area (TPSA) is 111 Å². The summed E-state index contributed by atoms with van der Waals surface area (Å²) in [5.74, 6) is -0.127. The number of allylic oxidation sites excluding steroid dienone is 2. The van der Waals surface area contributed by atoms with Crippen LogP contribution in [-0.4, -0.2) is 81.3 Å². The third-order valence-corrected chi connectivity index (χ3v) is 8.92. The summed E-state index contributed by atoms with van der Waals surface area (Å²) < 4.78 is 19.5. The fourth-order valence-corrected chi connectivity index (χ4v) is 6.46. The van der Waals surface area contributed by atoms with Crippen LogP contribution in [0, 0.1) is 5.82 Å². The first-order valence-electron chi connectivity index (χ1n) is 13.2. The van der Waals surface area contributed by atoms with Gasteiger partial charge >= 0.3 is 0 Å². The number of rotatable bonds is 8. The van der Waals surface area contributed by atoms with Crippen LogP contribution < -0.4 is 10.6 Å². The number of ether oxygens (including phenoxy) is 1. The number of fused-ring (bicyclic) bond motifs is 1. The molecule has 4 unspecified atom stereocenters. The summed E-state index contributed by atoms with van der Waals surface area (Å²) in [5, 5.41) is 36.6. The van der Waals surface area contributed by atoms with Gasteiger partial charge in [0, 0.05) is 0 Å². The van der Waals surface area contributed by atoms with Gasteiger partial charge in [-0.15, -0.1) is 23.4 Å². The molecule has 0 aromatic heterocycles. The second-order valence-corrected chi connectivity index (χ2v) is 12.0. The van der Waals surface area contributed by atoms with E-state index in [0.717, 1.165) is 36.8 Å². The van der Waals surface area contributed by atoms with E-state index in [-0.39, 0.29) is 11.7 Å². The molecule has 1 aliphatic carbocycles. The quantitative estimate of drug-likeness (QED) is 0.307. The molecule has 0 bridgehead atoms. The number of aliphatic hydroxyl groups is 3. The Morgan fingerprint density at radius 3 is 2.82 bits per heavy atom. The zero-order valence-electron chi connectivity index (χ0n) is 21.7. The molecule has 2 aliphatic heterocycles. The van der Waals surface area contributed by atoms with Crippen molar-refractivity contribution < 1.29 is 29.2 Å². The van der Waals surface area contributed by atoms with Gasteiger partial charge in [0.25, 0.3) is 0 Å². The molecular formula is C28H38ClFN2O5S. The zero-order valence-corrected chi connectivity index (χ0v) is 23.3. The summed E-state index contributed by atoms with van der Waals surface area (Å²) in [6.07, 6.45) is 7.11. The molecule has 7 nitrogen and oxygen atoms in total. The molecule has 210 valence electrons. The normalized spacial score (nSPS) is 33.3. The molecule has 0 spiro atoms. The average molecular weight is 569 g/mol. The highest BCUT2D eigenvalue weighted by atomic mass is 35.5. The Kier molecular flexibility index (Phi) is 10.3. The van der Waals surface area contributed by atoms with Gasteiger partial charge in [-0.05, 0) is 81.0 Å². The summed E-state index contributed by atoms with van der Waals surface area (Å²) >= 11 is 7.60. The summed E-state index contributed by atoms with van der Waals surface area (Å²) in [7, 11) is 0. The SMILES string of the molecule is CSC1O[C@H]([C@H](NC(=O)[C@@H]2CC=C(/C=C/CC3CCc4ccc(F)cc43)CCN2)[C@H](C)Cl)C(O)C(O)[C@H]1O. The summed E-state index contributed by atoms with van der Waals surface area (Å²) in [4.78, 5) is 13.2. The van der Waals surface area contributed by atoms with Gasteiger partial charge in [0.05, 0.1) is 17.5 Å². The van der Waals surface area contributed by atoms with Gasteiger partial charge in [0.15, 0.2) is 0 Å². The van der Waals surface area contributed by atoms with E-state index < -0.39 is 47.3 Å². The number of benzene rings is 1. The fourth-order valence-electron chi connectivity index (χ4n) is 5.57. The lowest BCUT2D eigenvalue weighted by atomic mass is 9.93. The third kappa shape index (κ3) is 6.81. The van der Waals surface area contributed by atoms with Crippen molar-refractivity contribution in [2.45, 2.75) is 92.3 Å². The summed E-state index contributed by atoms with van der Waals surface area (Å²) in [5.41, 5.74) is 2.74. The molecule has 10 heteroatoms. The number of nitrogens with one attached hydrogen (secondary N) is 2. The lowest BCUT2D eigenvalue weighted by molar-refractivity contribution is -0.205. The van der Waals surface area contributed by atoms with Crippen molar-refractivity contribution >= 4 is 29.3 Å². The van der Waals surface area contributed by atoms with Crippen LogP contribution in [0.3, 0.4) is 0 Å². The van der Waals surface area contributed by atoms with E-state index in [9.17, 15) is 24.5 Å². The van der Waals surface area contributed by atoms with Gasteiger partial charge in [-0.3, -0.25) is 4.79 Å². The predicted octanol–water partition coefficient (Wildman–Crippen LogP) is 2.76. The van der Waals surface area contributed by atoms with E-state index in [1.807, 2.05) is 6.07 Å². The Morgan fingerprint density at radius 2 is 2.08 bits per heavy atom. The highest BCUT2D eigenvalue weighted by molar-refractivity contribution is 7.99. The monoisotopic (exact) mass is 568 g/mol. The number of aliphatic hydroxyl groups excluding tert-OH is 3. The average Bonchev–Trinajstić information content (AvgIpc) is 3.13. The van der Waals surface area contributed by atoms with Crippen molar-refractivity contribution in [3.63, 3.8) is 0 Å². The molecular weight excluding hydrogens is 531 g/mol. The number of carbonyl (C=O) groups is 1. The van der Waals surface area contributed by atoms with Gasteiger partial charge < -0.3 is 30.7 Å². The van der Waals surface area contributed by atoms with E-state index in [4.69, 9.17) is 16.3 Å². The van der Waals surface area contributed by atoms with Crippen molar-refractivity contribution in [3.05, 3.63) is 58.9 Å². The van der Waals surface area contributed by atoms with Gasteiger partial charge in [0.1, 0.15) is 35.7 Å². The van der Waals surface area contributed by atoms with Crippen LogP contribution in [0.2, 0.25) is 0 Å². The van der Waals surface area contributed by atoms with E-state index in [0.29, 0.717) is 18.9 Å². The van der Waals surface area contributed by atoms with Gasteiger partial charge in [-0.1, -0.05) is 29.9 Å². The number of hydrogen-bond donors (Lipinski definition) is 5. The number of alkyl halides is 1. The molecule has 3 aliphatic rings. The van der Waals surface area contributed by atoms with Crippen molar-refractivity contribution in [3.8, 4) is 0 Å². The highest BCUT2D eigenvalue weighted by Gasteiger charge is 2.48. The van der Waals surface area contributed by atoms with Crippen molar-refractivity contribution in [2.24, 2.45) is 0 Å².